The smallest absolute Gasteiger partial charge is 0.230 e. The fourth-order valence-electron chi connectivity index (χ4n) is 5.14. The number of benzene rings is 2. The van der Waals surface area contributed by atoms with Gasteiger partial charge in [-0.15, -0.1) is 0 Å². The van der Waals surface area contributed by atoms with Crippen LogP contribution in [0.2, 0.25) is 0 Å². The predicted octanol–water partition coefficient (Wildman–Crippen LogP) is 5.51. The summed E-state index contributed by atoms with van der Waals surface area (Å²) < 4.78 is 17.0. The highest BCUT2D eigenvalue weighted by Gasteiger charge is 2.45. The number of amides is 1. The van der Waals surface area contributed by atoms with Crippen LogP contribution in [0.15, 0.2) is 47.7 Å². The Hall–Kier alpha value is -3.48. The first-order chi connectivity index (χ1) is 16.6. The van der Waals surface area contributed by atoms with E-state index >= 15 is 0 Å². The van der Waals surface area contributed by atoms with Gasteiger partial charge in [-0.05, 0) is 36.1 Å². The zero-order chi connectivity index (χ0) is 25.5. The third-order valence-corrected chi connectivity index (χ3v) is 6.66. The van der Waals surface area contributed by atoms with Gasteiger partial charge in [-0.1, -0.05) is 39.8 Å². The predicted molar refractivity (Wildman–Crippen MR) is 136 cm³/mol. The maximum atomic E-state index is 13.9. The molecule has 0 saturated carbocycles. The van der Waals surface area contributed by atoms with Gasteiger partial charge in [-0.3, -0.25) is 14.5 Å². The van der Waals surface area contributed by atoms with Gasteiger partial charge in [-0.2, -0.15) is 0 Å². The lowest BCUT2D eigenvalue weighted by Crippen LogP contribution is -2.41. The number of carbonyl (C=O) groups is 2. The van der Waals surface area contributed by atoms with Crippen LogP contribution in [-0.4, -0.2) is 33.0 Å². The lowest BCUT2D eigenvalue weighted by Gasteiger charge is -2.38. The summed E-state index contributed by atoms with van der Waals surface area (Å²) in [6.45, 7) is 7.92. The molecule has 7 heteroatoms. The van der Waals surface area contributed by atoms with Gasteiger partial charge in [0.2, 0.25) is 11.7 Å². The lowest BCUT2D eigenvalue weighted by atomic mass is 9.73. The molecule has 0 aromatic heterocycles. The Labute approximate surface area is 207 Å². The molecule has 186 valence electrons. The molecule has 2 aliphatic rings. The quantitative estimate of drug-likeness (QED) is 0.611. The zero-order valence-corrected chi connectivity index (χ0v) is 21.5. The Balaban J connectivity index is 2.10. The third kappa shape index (κ3) is 4.24. The summed E-state index contributed by atoms with van der Waals surface area (Å²) in [5.74, 6) is 0.983. The van der Waals surface area contributed by atoms with Crippen molar-refractivity contribution in [1.29, 1.82) is 0 Å². The largest absolute Gasteiger partial charge is 0.493 e. The minimum atomic E-state index is -0.700. The van der Waals surface area contributed by atoms with Crippen LogP contribution in [0.25, 0.3) is 0 Å². The SMILES string of the molecule is COc1ccc([C@@H]2C3=C(CC(C)(C)CC3=O)Nc3ccccc3N2C(=O)C(C)C)c(OC)c1OC. The fraction of sp³-hybridized carbons (Fsp3) is 0.429. The van der Waals surface area contributed by atoms with Crippen LogP contribution < -0.4 is 24.4 Å². The van der Waals surface area contributed by atoms with Crippen LogP contribution in [0.5, 0.6) is 17.2 Å². The molecule has 4 rings (SSSR count). The van der Waals surface area contributed by atoms with Crippen molar-refractivity contribution in [1.82, 2.24) is 0 Å². The van der Waals surface area contributed by atoms with Gasteiger partial charge in [-0.25, -0.2) is 0 Å². The molecule has 7 nitrogen and oxygen atoms in total. The van der Waals surface area contributed by atoms with Gasteiger partial charge in [0.1, 0.15) is 0 Å². The molecule has 0 fully saturated rings. The number of nitrogens with one attached hydrogen (secondary N) is 1. The van der Waals surface area contributed by atoms with Crippen LogP contribution in [0.4, 0.5) is 11.4 Å². The Morgan fingerprint density at radius 3 is 2.31 bits per heavy atom. The van der Waals surface area contributed by atoms with E-state index in [9.17, 15) is 9.59 Å². The second-order valence-electron chi connectivity index (χ2n) is 10.2. The first kappa shape index (κ1) is 24.6. The third-order valence-electron chi connectivity index (χ3n) is 6.66. The van der Waals surface area contributed by atoms with Crippen molar-refractivity contribution in [2.24, 2.45) is 11.3 Å². The number of rotatable bonds is 5. The Bertz CT molecular complexity index is 1200. The molecule has 0 bridgehead atoms. The molecule has 2 aromatic carbocycles. The van der Waals surface area contributed by atoms with Crippen LogP contribution >= 0.6 is 0 Å². The minimum Gasteiger partial charge on any atom is -0.493 e. The maximum absolute atomic E-state index is 13.9. The second-order valence-corrected chi connectivity index (χ2v) is 10.2. The number of allylic oxidation sites excluding steroid dienone is 1. The summed E-state index contributed by atoms with van der Waals surface area (Å²) in [5, 5.41) is 3.53. The van der Waals surface area contributed by atoms with Crippen LogP contribution in [0.3, 0.4) is 0 Å². The van der Waals surface area contributed by atoms with Crippen LogP contribution in [0, 0.1) is 11.3 Å². The van der Waals surface area contributed by atoms with E-state index < -0.39 is 6.04 Å². The molecule has 1 atom stereocenters. The highest BCUT2D eigenvalue weighted by Crippen LogP contribution is 2.52. The summed E-state index contributed by atoms with van der Waals surface area (Å²) in [7, 11) is 4.66. The number of hydrogen-bond acceptors (Lipinski definition) is 6. The monoisotopic (exact) mass is 478 g/mol. The molecule has 0 radical (unpaired) electrons. The minimum absolute atomic E-state index is 0.0138. The van der Waals surface area contributed by atoms with Gasteiger partial charge < -0.3 is 19.5 Å². The molecule has 0 saturated heterocycles. The molecule has 1 aliphatic heterocycles. The Morgan fingerprint density at radius 1 is 1.00 bits per heavy atom. The van der Waals surface area contributed by atoms with Crippen LogP contribution in [0.1, 0.15) is 52.1 Å². The highest BCUT2D eigenvalue weighted by atomic mass is 16.5. The summed E-state index contributed by atoms with van der Waals surface area (Å²) in [4.78, 5) is 29.4. The van der Waals surface area contributed by atoms with Crippen molar-refractivity contribution < 1.29 is 23.8 Å². The maximum Gasteiger partial charge on any atom is 0.230 e. The molecule has 0 unspecified atom stereocenters. The summed E-state index contributed by atoms with van der Waals surface area (Å²) >= 11 is 0. The normalized spacial score (nSPS) is 18.9. The van der Waals surface area contributed by atoms with Gasteiger partial charge in [0.05, 0.1) is 38.7 Å². The van der Waals surface area contributed by atoms with Gasteiger partial charge in [0, 0.05) is 29.2 Å². The first-order valence-corrected chi connectivity index (χ1v) is 11.9. The van der Waals surface area contributed by atoms with E-state index in [-0.39, 0.29) is 23.0 Å². The molecule has 1 aliphatic carbocycles. The highest BCUT2D eigenvalue weighted by molar-refractivity contribution is 6.07. The average molecular weight is 479 g/mol. The average Bonchev–Trinajstić information content (AvgIpc) is 2.95. The molecular weight excluding hydrogens is 444 g/mol. The number of Topliss-reactive ketones (excluding diaryl/α,β-unsaturated/α-hetero) is 1. The molecule has 0 spiro atoms. The second kappa shape index (κ2) is 9.29. The summed E-state index contributed by atoms with van der Waals surface area (Å²) in [5.41, 5.74) is 3.38. The molecule has 1 amide bonds. The lowest BCUT2D eigenvalue weighted by molar-refractivity contribution is -0.122. The number of anilines is 2. The van der Waals surface area contributed by atoms with Gasteiger partial charge in [0.25, 0.3) is 0 Å². The molecule has 2 aromatic rings. The van der Waals surface area contributed by atoms with Gasteiger partial charge >= 0.3 is 0 Å². The first-order valence-electron chi connectivity index (χ1n) is 11.9. The topological polar surface area (TPSA) is 77.1 Å². The van der Waals surface area contributed by atoms with E-state index in [2.05, 4.69) is 19.2 Å². The Kier molecular flexibility index (Phi) is 6.54. The van der Waals surface area contributed by atoms with E-state index in [1.165, 1.54) is 0 Å². The van der Waals surface area contributed by atoms with E-state index in [0.29, 0.717) is 46.9 Å². The number of ketones is 1. The van der Waals surface area contributed by atoms with Crippen LogP contribution in [-0.2, 0) is 9.59 Å². The van der Waals surface area contributed by atoms with E-state index in [1.54, 1.807) is 32.3 Å². The van der Waals surface area contributed by atoms with Crippen molar-refractivity contribution in [3.63, 3.8) is 0 Å². The van der Waals surface area contributed by atoms with E-state index in [1.807, 2.05) is 44.2 Å². The van der Waals surface area contributed by atoms with Crippen molar-refractivity contribution in [3.05, 3.63) is 53.2 Å². The van der Waals surface area contributed by atoms with E-state index in [0.717, 1.165) is 11.4 Å². The molecule has 35 heavy (non-hydrogen) atoms. The van der Waals surface area contributed by atoms with Crippen molar-refractivity contribution >= 4 is 23.1 Å². The molecular formula is C28H34N2O5. The Morgan fingerprint density at radius 2 is 1.69 bits per heavy atom. The number of fused-ring (bicyclic) bond motifs is 1. The number of ether oxygens (including phenoxy) is 3. The number of carbonyl (C=O) groups excluding carboxylic acids is 2. The number of nitrogens with zero attached hydrogens (tertiary/aromatic N) is 1. The zero-order valence-electron chi connectivity index (χ0n) is 21.5. The van der Waals surface area contributed by atoms with Crippen molar-refractivity contribution in [2.75, 3.05) is 31.5 Å². The number of para-hydroxylation sites is 2. The van der Waals surface area contributed by atoms with Gasteiger partial charge in [0.15, 0.2) is 17.3 Å². The fourth-order valence-corrected chi connectivity index (χ4v) is 5.14. The van der Waals surface area contributed by atoms with Crippen molar-refractivity contribution in [2.45, 2.75) is 46.6 Å². The van der Waals surface area contributed by atoms with Crippen molar-refractivity contribution in [3.8, 4) is 17.2 Å². The number of methoxy groups -OCH3 is 3. The summed E-state index contributed by atoms with van der Waals surface area (Å²) in [6, 6.07) is 10.6. The molecule has 1 heterocycles. The summed E-state index contributed by atoms with van der Waals surface area (Å²) in [6.07, 6.45) is 1.07. The number of hydrogen-bond donors (Lipinski definition) is 1. The molecule has 1 N–H and O–H groups in total. The standard InChI is InChI=1S/C28H34N2O5/c1-16(2)27(32)30-20-11-9-8-10-18(20)29-19-14-28(3,4)15-21(31)23(19)24(30)17-12-13-22(33-5)26(35-7)25(17)34-6/h8-13,16,24,29H,14-15H2,1-7H3/t24-/m1/s1. The van der Waals surface area contributed by atoms with E-state index in [4.69, 9.17) is 14.2 Å².